The van der Waals surface area contributed by atoms with Gasteiger partial charge in [-0.1, -0.05) is 6.07 Å². The van der Waals surface area contributed by atoms with E-state index in [9.17, 15) is 4.79 Å². The molecule has 0 fully saturated rings. The van der Waals surface area contributed by atoms with Gasteiger partial charge in [0.1, 0.15) is 4.88 Å². The summed E-state index contributed by atoms with van der Waals surface area (Å²) in [5.41, 5.74) is 3.35. The first-order chi connectivity index (χ1) is 8.99. The molecule has 5 heteroatoms. The van der Waals surface area contributed by atoms with Gasteiger partial charge in [-0.3, -0.25) is 0 Å². The molecule has 0 radical (unpaired) electrons. The minimum Gasteiger partial charge on any atom is -0.477 e. The highest BCUT2D eigenvalue weighted by molar-refractivity contribution is 14.1. The van der Waals surface area contributed by atoms with Crippen LogP contribution in [0.4, 0.5) is 5.69 Å². The predicted octanol–water partition coefficient (Wildman–Crippen LogP) is 4.28. The first kappa shape index (κ1) is 14.3. The number of anilines is 1. The topological polar surface area (TPSA) is 49.3 Å². The average Bonchev–Trinajstić information content (AvgIpc) is 2.73. The molecule has 2 rings (SSSR count). The molecule has 0 bridgehead atoms. The maximum atomic E-state index is 10.9. The van der Waals surface area contributed by atoms with Crippen LogP contribution in [0, 0.1) is 17.4 Å². The highest BCUT2D eigenvalue weighted by Crippen LogP contribution is 2.24. The van der Waals surface area contributed by atoms with Crippen molar-refractivity contribution in [2.24, 2.45) is 0 Å². The van der Waals surface area contributed by atoms with Crippen LogP contribution in [0.25, 0.3) is 0 Å². The van der Waals surface area contributed by atoms with Gasteiger partial charge in [0, 0.05) is 20.7 Å². The molecule has 100 valence electrons. The number of hydrogen-bond acceptors (Lipinski definition) is 3. The summed E-state index contributed by atoms with van der Waals surface area (Å²) in [5, 5.41) is 12.3. The van der Waals surface area contributed by atoms with E-state index in [-0.39, 0.29) is 0 Å². The molecule has 1 aromatic carbocycles. The fraction of sp³-hybridized carbons (Fsp3) is 0.214. The zero-order valence-electron chi connectivity index (χ0n) is 10.7. The van der Waals surface area contributed by atoms with Gasteiger partial charge in [0.25, 0.3) is 0 Å². The molecule has 19 heavy (non-hydrogen) atoms. The van der Waals surface area contributed by atoms with E-state index in [1.807, 2.05) is 19.1 Å². The summed E-state index contributed by atoms with van der Waals surface area (Å²) >= 11 is 3.63. The fourth-order valence-electron chi connectivity index (χ4n) is 1.79. The molecule has 2 aromatic rings. The largest absolute Gasteiger partial charge is 0.477 e. The number of rotatable bonds is 4. The molecular weight excluding hydrogens is 373 g/mol. The maximum absolute atomic E-state index is 10.9. The molecule has 0 atom stereocenters. The summed E-state index contributed by atoms with van der Waals surface area (Å²) < 4.78 is 1.22. The molecule has 0 amide bonds. The number of aromatic carboxylic acids is 1. The normalized spacial score (nSPS) is 10.5. The van der Waals surface area contributed by atoms with Gasteiger partial charge < -0.3 is 10.4 Å². The SMILES string of the molecule is Cc1sc(C(=O)O)cc1CNc1cccc(I)c1C. The second-order valence-electron chi connectivity index (χ2n) is 4.26. The van der Waals surface area contributed by atoms with Crippen LogP contribution < -0.4 is 5.32 Å². The van der Waals surface area contributed by atoms with Crippen molar-refractivity contribution in [1.82, 2.24) is 0 Å². The number of nitrogens with one attached hydrogen (secondary N) is 1. The summed E-state index contributed by atoms with van der Waals surface area (Å²) in [5.74, 6) is -0.857. The molecule has 0 spiro atoms. The summed E-state index contributed by atoms with van der Waals surface area (Å²) in [7, 11) is 0. The van der Waals surface area contributed by atoms with E-state index < -0.39 is 5.97 Å². The Bertz CT molecular complexity index is 622. The van der Waals surface area contributed by atoms with Crippen LogP contribution in [0.1, 0.15) is 25.7 Å². The van der Waals surface area contributed by atoms with Gasteiger partial charge >= 0.3 is 5.97 Å². The number of halogens is 1. The third kappa shape index (κ3) is 3.27. The second kappa shape index (κ2) is 5.92. The summed E-state index contributed by atoms with van der Waals surface area (Å²) in [4.78, 5) is 12.4. The molecule has 3 nitrogen and oxygen atoms in total. The summed E-state index contributed by atoms with van der Waals surface area (Å²) in [6.07, 6.45) is 0. The van der Waals surface area contributed by atoms with E-state index in [0.717, 1.165) is 16.1 Å². The smallest absolute Gasteiger partial charge is 0.345 e. The number of hydrogen-bond donors (Lipinski definition) is 2. The van der Waals surface area contributed by atoms with Crippen LogP contribution in [0.3, 0.4) is 0 Å². The minimum atomic E-state index is -0.857. The zero-order chi connectivity index (χ0) is 14.0. The Labute approximate surface area is 129 Å². The van der Waals surface area contributed by atoms with E-state index in [2.05, 4.69) is 40.9 Å². The van der Waals surface area contributed by atoms with E-state index in [1.165, 1.54) is 20.5 Å². The summed E-state index contributed by atoms with van der Waals surface area (Å²) in [6, 6.07) is 7.87. The summed E-state index contributed by atoms with van der Waals surface area (Å²) in [6.45, 7) is 4.68. The first-order valence-electron chi connectivity index (χ1n) is 5.80. The van der Waals surface area contributed by atoms with Crippen molar-refractivity contribution in [1.29, 1.82) is 0 Å². The zero-order valence-corrected chi connectivity index (χ0v) is 13.6. The van der Waals surface area contributed by atoms with Crippen molar-refractivity contribution in [2.45, 2.75) is 20.4 Å². The quantitative estimate of drug-likeness (QED) is 0.770. The fourth-order valence-corrected chi connectivity index (χ4v) is 3.17. The lowest BCUT2D eigenvalue weighted by Gasteiger charge is -2.10. The predicted molar refractivity (Wildman–Crippen MR) is 87.2 cm³/mol. The van der Waals surface area contributed by atoms with E-state index in [0.29, 0.717) is 11.4 Å². The Morgan fingerprint density at radius 2 is 2.16 bits per heavy atom. The minimum absolute atomic E-state index is 0.397. The van der Waals surface area contributed by atoms with E-state index >= 15 is 0 Å². The van der Waals surface area contributed by atoms with E-state index in [1.54, 1.807) is 6.07 Å². The van der Waals surface area contributed by atoms with Crippen LogP contribution in [-0.2, 0) is 6.54 Å². The Morgan fingerprint density at radius 3 is 2.79 bits per heavy atom. The van der Waals surface area contributed by atoms with Crippen molar-refractivity contribution < 1.29 is 9.90 Å². The molecule has 0 saturated heterocycles. The lowest BCUT2D eigenvalue weighted by atomic mass is 10.2. The third-order valence-electron chi connectivity index (χ3n) is 2.97. The van der Waals surface area contributed by atoms with Gasteiger partial charge in [-0.15, -0.1) is 11.3 Å². The highest BCUT2D eigenvalue weighted by Gasteiger charge is 2.11. The van der Waals surface area contributed by atoms with Crippen LogP contribution in [0.2, 0.25) is 0 Å². The monoisotopic (exact) mass is 387 g/mol. The molecule has 1 heterocycles. The number of carbonyl (C=O) groups is 1. The number of benzene rings is 1. The van der Waals surface area contributed by atoms with Gasteiger partial charge in [-0.05, 0) is 65.8 Å². The van der Waals surface area contributed by atoms with Crippen molar-refractivity contribution >= 4 is 45.6 Å². The van der Waals surface area contributed by atoms with Gasteiger partial charge in [-0.2, -0.15) is 0 Å². The van der Waals surface area contributed by atoms with Gasteiger partial charge in [0.2, 0.25) is 0 Å². The average molecular weight is 387 g/mol. The third-order valence-corrected chi connectivity index (χ3v) is 5.22. The Hall–Kier alpha value is -1.08. The van der Waals surface area contributed by atoms with Crippen molar-refractivity contribution in [3.63, 3.8) is 0 Å². The number of aryl methyl sites for hydroxylation is 1. The van der Waals surface area contributed by atoms with Crippen LogP contribution in [0.15, 0.2) is 24.3 Å². The lowest BCUT2D eigenvalue weighted by molar-refractivity contribution is 0.0702. The van der Waals surface area contributed by atoms with Crippen molar-refractivity contribution in [2.75, 3.05) is 5.32 Å². The number of thiophene rings is 1. The van der Waals surface area contributed by atoms with Crippen LogP contribution >= 0.6 is 33.9 Å². The standard InChI is InChI=1S/C14H14INO2S/c1-8-11(15)4-3-5-12(8)16-7-10-6-13(14(17)18)19-9(10)2/h3-6,16H,7H2,1-2H3,(H,17,18). The van der Waals surface area contributed by atoms with Crippen molar-refractivity contribution in [3.05, 3.63) is 48.7 Å². The first-order valence-corrected chi connectivity index (χ1v) is 7.70. The number of carboxylic acid groups (broad SMARTS) is 1. The second-order valence-corrected chi connectivity index (χ2v) is 6.68. The Kier molecular flexibility index (Phi) is 4.46. The van der Waals surface area contributed by atoms with E-state index in [4.69, 9.17) is 5.11 Å². The molecule has 0 aliphatic carbocycles. The Morgan fingerprint density at radius 1 is 1.42 bits per heavy atom. The van der Waals surface area contributed by atoms with Gasteiger partial charge in [-0.25, -0.2) is 4.79 Å². The lowest BCUT2D eigenvalue weighted by Crippen LogP contribution is -2.02. The molecule has 0 aliphatic rings. The molecule has 0 unspecified atom stereocenters. The maximum Gasteiger partial charge on any atom is 0.345 e. The molecule has 0 saturated carbocycles. The molecule has 2 N–H and O–H groups in total. The molecule has 0 aliphatic heterocycles. The Balaban J connectivity index is 2.14. The molecular formula is C14H14INO2S. The van der Waals surface area contributed by atoms with Gasteiger partial charge in [0.05, 0.1) is 0 Å². The van der Waals surface area contributed by atoms with Crippen LogP contribution in [-0.4, -0.2) is 11.1 Å². The number of carboxylic acids is 1. The van der Waals surface area contributed by atoms with Gasteiger partial charge in [0.15, 0.2) is 0 Å². The molecule has 1 aromatic heterocycles. The van der Waals surface area contributed by atoms with Crippen molar-refractivity contribution in [3.8, 4) is 0 Å². The van der Waals surface area contributed by atoms with Crippen LogP contribution in [0.5, 0.6) is 0 Å². The highest BCUT2D eigenvalue weighted by atomic mass is 127.